The van der Waals surface area contributed by atoms with Crippen LogP contribution in [0.3, 0.4) is 0 Å². The van der Waals surface area contributed by atoms with E-state index in [2.05, 4.69) is 35.7 Å². The van der Waals surface area contributed by atoms with Crippen LogP contribution in [-0.2, 0) is 0 Å². The first-order valence-electron chi connectivity index (χ1n) is 9.19. The number of hydrogen-bond donors (Lipinski definition) is 2. The van der Waals surface area contributed by atoms with Crippen LogP contribution in [0.25, 0.3) is 10.6 Å². The van der Waals surface area contributed by atoms with Crippen LogP contribution in [0, 0.1) is 4.91 Å². The van der Waals surface area contributed by atoms with Crippen LogP contribution in [0.4, 0.5) is 22.2 Å². The monoisotopic (exact) mass is 409 g/mol. The van der Waals surface area contributed by atoms with Crippen molar-refractivity contribution in [3.05, 3.63) is 53.0 Å². The van der Waals surface area contributed by atoms with Crippen molar-refractivity contribution in [1.29, 1.82) is 0 Å². The molecular formula is C19H19N7O2S. The zero-order valence-electron chi connectivity index (χ0n) is 15.5. The number of urea groups is 1. The lowest BCUT2D eigenvalue weighted by Crippen LogP contribution is -2.35. The maximum Gasteiger partial charge on any atom is 0.326 e. The standard InChI is InChI=1S/C19H19N7O2S/c27-19(24-16-12-29-18(22-16)13-4-8-20-9-5-13)23-15-2-1-3-17(21-15)26-10-6-14(25-28)7-11-26/h1-5,8-9,12,14H,6-7,10-11H2,(H2,21,23,24,27). The molecule has 9 nitrogen and oxygen atoms in total. The van der Waals surface area contributed by atoms with Crippen LogP contribution in [-0.4, -0.2) is 40.1 Å². The fraction of sp³-hybridized carbons (Fsp3) is 0.263. The molecular weight excluding hydrogens is 390 g/mol. The number of anilines is 3. The molecule has 0 bridgehead atoms. The molecule has 29 heavy (non-hydrogen) atoms. The van der Waals surface area contributed by atoms with Gasteiger partial charge in [0.05, 0.1) is 6.04 Å². The maximum atomic E-state index is 12.3. The smallest absolute Gasteiger partial charge is 0.326 e. The van der Waals surface area contributed by atoms with Crippen LogP contribution < -0.4 is 15.5 Å². The molecule has 1 saturated heterocycles. The second-order valence-electron chi connectivity index (χ2n) is 6.56. The average molecular weight is 409 g/mol. The summed E-state index contributed by atoms with van der Waals surface area (Å²) in [5.74, 6) is 1.68. The first-order valence-corrected chi connectivity index (χ1v) is 10.1. The van der Waals surface area contributed by atoms with Crippen molar-refractivity contribution in [2.24, 2.45) is 5.18 Å². The minimum atomic E-state index is -0.412. The van der Waals surface area contributed by atoms with Gasteiger partial charge in [-0.2, -0.15) is 4.91 Å². The van der Waals surface area contributed by atoms with E-state index in [0.717, 1.165) is 29.5 Å². The minimum absolute atomic E-state index is 0.117. The summed E-state index contributed by atoms with van der Waals surface area (Å²) >= 11 is 1.44. The molecule has 3 aromatic rings. The van der Waals surface area contributed by atoms with Crippen LogP contribution in [0.2, 0.25) is 0 Å². The van der Waals surface area contributed by atoms with Crippen LogP contribution in [0.1, 0.15) is 12.8 Å². The number of carbonyl (C=O) groups excluding carboxylic acids is 1. The molecule has 10 heteroatoms. The summed E-state index contributed by atoms with van der Waals surface area (Å²) in [5, 5.41) is 11.2. The molecule has 3 aromatic heterocycles. The second kappa shape index (κ2) is 8.74. The van der Waals surface area contributed by atoms with Crippen molar-refractivity contribution >= 4 is 34.8 Å². The Labute approximate surface area is 171 Å². The number of aromatic nitrogens is 3. The molecule has 0 atom stereocenters. The predicted octanol–water partition coefficient (Wildman–Crippen LogP) is 3.98. The number of carbonyl (C=O) groups is 1. The Morgan fingerprint density at radius 1 is 1.07 bits per heavy atom. The topological polar surface area (TPSA) is 112 Å². The highest BCUT2D eigenvalue weighted by Gasteiger charge is 2.20. The van der Waals surface area contributed by atoms with Gasteiger partial charge in [0.2, 0.25) is 0 Å². The third-order valence-electron chi connectivity index (χ3n) is 4.59. The summed E-state index contributed by atoms with van der Waals surface area (Å²) in [7, 11) is 0. The Bertz CT molecular complexity index is 987. The van der Waals surface area contributed by atoms with Gasteiger partial charge in [0, 0.05) is 36.4 Å². The molecule has 148 valence electrons. The number of nitroso groups, excluding NO2 is 1. The maximum absolute atomic E-state index is 12.3. The third kappa shape index (κ3) is 4.72. The lowest BCUT2D eigenvalue weighted by molar-refractivity contribution is 0.262. The van der Waals surface area contributed by atoms with Gasteiger partial charge in [0.15, 0.2) is 0 Å². The van der Waals surface area contributed by atoms with Crippen LogP contribution >= 0.6 is 11.3 Å². The third-order valence-corrected chi connectivity index (χ3v) is 5.48. The van der Waals surface area contributed by atoms with Crippen molar-refractivity contribution in [2.45, 2.75) is 18.9 Å². The normalized spacial score (nSPS) is 14.4. The van der Waals surface area contributed by atoms with Crippen molar-refractivity contribution in [2.75, 3.05) is 28.6 Å². The number of pyridine rings is 2. The van der Waals surface area contributed by atoms with Gasteiger partial charge in [-0.3, -0.25) is 15.6 Å². The summed E-state index contributed by atoms with van der Waals surface area (Å²) in [6.45, 7) is 1.44. The number of piperidine rings is 1. The van der Waals surface area contributed by atoms with Crippen LogP contribution in [0.15, 0.2) is 53.3 Å². The van der Waals surface area contributed by atoms with E-state index in [1.165, 1.54) is 11.3 Å². The molecule has 2 N–H and O–H groups in total. The zero-order chi connectivity index (χ0) is 20.1. The van der Waals surface area contributed by atoms with Crippen LogP contribution in [0.5, 0.6) is 0 Å². The number of nitrogens with one attached hydrogen (secondary N) is 2. The van der Waals surface area contributed by atoms with E-state index in [-0.39, 0.29) is 6.04 Å². The molecule has 0 saturated carbocycles. The zero-order valence-corrected chi connectivity index (χ0v) is 16.3. The molecule has 0 aromatic carbocycles. The molecule has 4 rings (SSSR count). The summed E-state index contributed by atoms with van der Waals surface area (Å²) in [6, 6.07) is 8.66. The molecule has 0 spiro atoms. The highest BCUT2D eigenvalue weighted by Crippen LogP contribution is 2.25. The van der Waals surface area contributed by atoms with E-state index in [1.807, 2.05) is 24.3 Å². The number of rotatable bonds is 5. The molecule has 1 fully saturated rings. The molecule has 1 aliphatic heterocycles. The van der Waals surface area contributed by atoms with E-state index >= 15 is 0 Å². The van der Waals surface area contributed by atoms with Gasteiger partial charge in [-0.1, -0.05) is 11.2 Å². The van der Waals surface area contributed by atoms with Gasteiger partial charge < -0.3 is 4.90 Å². The SMILES string of the molecule is O=NC1CCN(c2cccc(NC(=O)Nc3csc(-c4ccncc4)n3)n2)CC1. The Morgan fingerprint density at radius 2 is 1.83 bits per heavy atom. The molecule has 1 aliphatic rings. The Balaban J connectivity index is 1.37. The first-order chi connectivity index (χ1) is 14.2. The van der Waals surface area contributed by atoms with E-state index < -0.39 is 6.03 Å². The number of nitrogens with zero attached hydrogens (tertiary/aromatic N) is 5. The van der Waals surface area contributed by atoms with Gasteiger partial charge in [-0.25, -0.2) is 14.8 Å². The lowest BCUT2D eigenvalue weighted by Gasteiger charge is -2.30. The van der Waals surface area contributed by atoms with Gasteiger partial charge >= 0.3 is 6.03 Å². The minimum Gasteiger partial charge on any atom is -0.356 e. The van der Waals surface area contributed by atoms with Crippen molar-refractivity contribution < 1.29 is 4.79 Å². The summed E-state index contributed by atoms with van der Waals surface area (Å²) in [4.78, 5) is 38.0. The van der Waals surface area contributed by atoms with Gasteiger partial charge in [-0.05, 0) is 37.1 Å². The fourth-order valence-electron chi connectivity index (χ4n) is 3.09. The largest absolute Gasteiger partial charge is 0.356 e. The summed E-state index contributed by atoms with van der Waals surface area (Å²) in [6.07, 6.45) is 4.83. The fourth-order valence-corrected chi connectivity index (χ4v) is 3.85. The number of thiazole rings is 1. The Hall–Kier alpha value is -3.40. The second-order valence-corrected chi connectivity index (χ2v) is 7.42. The highest BCUT2D eigenvalue weighted by molar-refractivity contribution is 7.13. The molecule has 0 radical (unpaired) electrons. The first kappa shape index (κ1) is 18.9. The quantitative estimate of drug-likeness (QED) is 0.617. The van der Waals surface area contributed by atoms with E-state index in [0.29, 0.717) is 24.5 Å². The molecule has 0 unspecified atom stereocenters. The molecule has 4 heterocycles. The molecule has 0 aliphatic carbocycles. The van der Waals surface area contributed by atoms with Crippen molar-refractivity contribution in [3.63, 3.8) is 0 Å². The van der Waals surface area contributed by atoms with E-state index in [4.69, 9.17) is 0 Å². The highest BCUT2D eigenvalue weighted by atomic mass is 32.1. The predicted molar refractivity (Wildman–Crippen MR) is 113 cm³/mol. The number of amides is 2. The summed E-state index contributed by atoms with van der Waals surface area (Å²) < 4.78 is 0. The lowest BCUT2D eigenvalue weighted by atomic mass is 10.1. The summed E-state index contributed by atoms with van der Waals surface area (Å²) in [5.41, 5.74) is 0.946. The van der Waals surface area contributed by atoms with Gasteiger partial charge in [0.1, 0.15) is 22.5 Å². The average Bonchev–Trinajstić information content (AvgIpc) is 3.23. The Kier molecular flexibility index (Phi) is 5.71. The Morgan fingerprint density at radius 3 is 2.59 bits per heavy atom. The van der Waals surface area contributed by atoms with E-state index in [9.17, 15) is 9.70 Å². The van der Waals surface area contributed by atoms with Gasteiger partial charge in [0.25, 0.3) is 0 Å². The van der Waals surface area contributed by atoms with E-state index in [1.54, 1.807) is 23.8 Å². The van der Waals surface area contributed by atoms with Crippen molar-refractivity contribution in [3.8, 4) is 10.6 Å². The number of hydrogen-bond acceptors (Lipinski definition) is 8. The van der Waals surface area contributed by atoms with Gasteiger partial charge in [-0.15, -0.1) is 11.3 Å². The van der Waals surface area contributed by atoms with Crippen molar-refractivity contribution in [1.82, 2.24) is 15.0 Å². The molecule has 2 amide bonds.